The molecule has 1 aliphatic heterocycles. The zero-order valence-electron chi connectivity index (χ0n) is 13.5. The van der Waals surface area contributed by atoms with Crippen molar-refractivity contribution in [2.45, 2.75) is 25.1 Å². The lowest BCUT2D eigenvalue weighted by atomic mass is 10.1. The molecule has 3 rings (SSSR count). The lowest BCUT2D eigenvalue weighted by Gasteiger charge is -2.26. The minimum absolute atomic E-state index is 0.0394. The minimum atomic E-state index is -4.51. The van der Waals surface area contributed by atoms with Crippen molar-refractivity contribution in [3.05, 3.63) is 53.1 Å². The van der Waals surface area contributed by atoms with Crippen LogP contribution in [0.25, 0.3) is 0 Å². The summed E-state index contributed by atoms with van der Waals surface area (Å²) in [5, 5.41) is 2.45. The third-order valence-electron chi connectivity index (χ3n) is 3.83. The maximum absolute atomic E-state index is 12.8. The van der Waals surface area contributed by atoms with E-state index in [1.807, 2.05) is 12.1 Å². The van der Waals surface area contributed by atoms with Crippen LogP contribution >= 0.6 is 11.6 Å². The molecule has 0 radical (unpaired) electrons. The van der Waals surface area contributed by atoms with Gasteiger partial charge in [-0.3, -0.25) is 4.79 Å². The number of benzene rings is 2. The highest BCUT2D eigenvalue weighted by molar-refractivity contribution is 6.33. The Balaban J connectivity index is 1.57. The van der Waals surface area contributed by atoms with E-state index in [2.05, 4.69) is 5.32 Å². The summed E-state index contributed by atoms with van der Waals surface area (Å²) in [4.78, 5) is 12.1. The van der Waals surface area contributed by atoms with E-state index in [1.54, 1.807) is 12.1 Å². The highest BCUT2D eigenvalue weighted by Crippen LogP contribution is 2.34. The highest BCUT2D eigenvalue weighted by atomic mass is 35.5. The number of nitrogens with one attached hydrogen (secondary N) is 1. The SMILES string of the molecule is O=C(CC[C@@H]1COc2ccccc2O1)Nc1cc(C(F)(F)F)ccc1Cl. The van der Waals surface area contributed by atoms with Crippen molar-refractivity contribution in [1.82, 2.24) is 0 Å². The van der Waals surface area contributed by atoms with Crippen molar-refractivity contribution in [2.75, 3.05) is 11.9 Å². The van der Waals surface area contributed by atoms with Crippen LogP contribution < -0.4 is 14.8 Å². The van der Waals surface area contributed by atoms with Gasteiger partial charge in [-0.05, 0) is 36.8 Å². The van der Waals surface area contributed by atoms with Gasteiger partial charge in [-0.1, -0.05) is 23.7 Å². The fourth-order valence-electron chi connectivity index (χ4n) is 2.51. The van der Waals surface area contributed by atoms with E-state index in [1.165, 1.54) is 0 Å². The first-order valence-electron chi connectivity index (χ1n) is 7.88. The second-order valence-corrected chi connectivity index (χ2v) is 6.18. The van der Waals surface area contributed by atoms with Crippen LogP contribution in [-0.4, -0.2) is 18.6 Å². The molecule has 1 heterocycles. The molecular formula is C18H15ClF3NO3. The zero-order chi connectivity index (χ0) is 18.7. The van der Waals surface area contributed by atoms with Gasteiger partial charge < -0.3 is 14.8 Å². The number of halogens is 4. The molecule has 0 saturated carbocycles. The van der Waals surface area contributed by atoms with Gasteiger partial charge in [0.1, 0.15) is 12.7 Å². The second-order valence-electron chi connectivity index (χ2n) is 5.78. The summed E-state index contributed by atoms with van der Waals surface area (Å²) in [5.41, 5.74) is -0.949. The Morgan fingerprint density at radius 2 is 1.92 bits per heavy atom. The van der Waals surface area contributed by atoms with Crippen LogP contribution in [0.3, 0.4) is 0 Å². The maximum atomic E-state index is 12.8. The number of anilines is 1. The summed E-state index contributed by atoms with van der Waals surface area (Å²) in [5.74, 6) is 0.794. The molecule has 1 N–H and O–H groups in total. The Morgan fingerprint density at radius 1 is 1.19 bits per heavy atom. The van der Waals surface area contributed by atoms with Gasteiger partial charge in [0, 0.05) is 6.42 Å². The average Bonchev–Trinajstić information content (AvgIpc) is 2.60. The summed E-state index contributed by atoms with van der Waals surface area (Å²) in [6, 6.07) is 9.98. The number of para-hydroxylation sites is 2. The smallest absolute Gasteiger partial charge is 0.416 e. The van der Waals surface area contributed by atoms with Gasteiger partial charge in [0.05, 0.1) is 16.3 Å². The van der Waals surface area contributed by atoms with Gasteiger partial charge in [-0.15, -0.1) is 0 Å². The summed E-state index contributed by atoms with van der Waals surface area (Å²) in [6.45, 7) is 0.300. The Morgan fingerprint density at radius 3 is 2.65 bits per heavy atom. The number of hydrogen-bond donors (Lipinski definition) is 1. The fourth-order valence-corrected chi connectivity index (χ4v) is 2.67. The Hall–Kier alpha value is -2.41. The predicted octanol–water partition coefficient (Wildman–Crippen LogP) is 4.92. The zero-order valence-corrected chi connectivity index (χ0v) is 14.2. The van der Waals surface area contributed by atoms with Gasteiger partial charge in [0.2, 0.25) is 5.91 Å². The highest BCUT2D eigenvalue weighted by Gasteiger charge is 2.31. The number of carbonyl (C=O) groups is 1. The summed E-state index contributed by atoms with van der Waals surface area (Å²) in [7, 11) is 0. The normalized spacial score (nSPS) is 16.2. The Bertz CT molecular complexity index is 811. The topological polar surface area (TPSA) is 47.6 Å². The maximum Gasteiger partial charge on any atom is 0.416 e. The molecule has 0 bridgehead atoms. The molecule has 1 atom stereocenters. The van der Waals surface area contributed by atoms with E-state index in [9.17, 15) is 18.0 Å². The number of amides is 1. The fraction of sp³-hybridized carbons (Fsp3) is 0.278. The minimum Gasteiger partial charge on any atom is -0.486 e. The number of carbonyl (C=O) groups excluding carboxylic acids is 1. The van der Waals surface area contributed by atoms with E-state index >= 15 is 0 Å². The summed E-state index contributed by atoms with van der Waals surface area (Å²) >= 11 is 5.87. The molecule has 1 aliphatic rings. The molecule has 1 amide bonds. The number of fused-ring (bicyclic) bond motifs is 1. The molecule has 4 nitrogen and oxygen atoms in total. The lowest BCUT2D eigenvalue weighted by molar-refractivity contribution is -0.137. The van der Waals surface area contributed by atoms with Crippen molar-refractivity contribution in [1.29, 1.82) is 0 Å². The standard InChI is InChI=1S/C18H15ClF3NO3/c19-13-7-5-11(18(20,21)22)9-14(13)23-17(24)8-6-12-10-25-15-3-1-2-4-16(15)26-12/h1-5,7,9,12H,6,8,10H2,(H,23,24)/t12-/m1/s1. The summed E-state index contributed by atoms with van der Waals surface area (Å²) < 4.78 is 49.6. The molecule has 0 unspecified atom stereocenters. The molecule has 8 heteroatoms. The van der Waals surface area contributed by atoms with Crippen LogP contribution in [0.5, 0.6) is 11.5 Å². The number of hydrogen-bond acceptors (Lipinski definition) is 3. The van der Waals surface area contributed by atoms with Crippen molar-refractivity contribution < 1.29 is 27.4 Å². The molecule has 138 valence electrons. The Labute approximate surface area is 152 Å². The lowest BCUT2D eigenvalue weighted by Crippen LogP contribution is -2.30. The van der Waals surface area contributed by atoms with E-state index < -0.39 is 17.6 Å². The predicted molar refractivity (Wildman–Crippen MR) is 90.7 cm³/mol. The second kappa shape index (κ2) is 7.45. The van der Waals surface area contributed by atoms with Crippen molar-refractivity contribution >= 4 is 23.2 Å². The van der Waals surface area contributed by atoms with Crippen LogP contribution in [0.15, 0.2) is 42.5 Å². The van der Waals surface area contributed by atoms with Crippen molar-refractivity contribution in [3.8, 4) is 11.5 Å². The largest absolute Gasteiger partial charge is 0.486 e. The molecule has 26 heavy (non-hydrogen) atoms. The van der Waals surface area contributed by atoms with E-state index in [0.717, 1.165) is 18.2 Å². The molecular weight excluding hydrogens is 371 g/mol. The van der Waals surface area contributed by atoms with Crippen LogP contribution in [-0.2, 0) is 11.0 Å². The molecule has 0 spiro atoms. The van der Waals surface area contributed by atoms with Crippen LogP contribution in [0.4, 0.5) is 18.9 Å². The molecule has 0 aromatic heterocycles. The summed E-state index contributed by atoms with van der Waals surface area (Å²) in [6.07, 6.45) is -4.41. The van der Waals surface area contributed by atoms with Crippen molar-refractivity contribution in [3.63, 3.8) is 0 Å². The van der Waals surface area contributed by atoms with E-state index in [0.29, 0.717) is 24.5 Å². The number of alkyl halides is 3. The van der Waals surface area contributed by atoms with Crippen LogP contribution in [0.2, 0.25) is 5.02 Å². The third-order valence-corrected chi connectivity index (χ3v) is 4.16. The first kappa shape index (κ1) is 18.4. The van der Waals surface area contributed by atoms with Gasteiger partial charge in [0.15, 0.2) is 11.5 Å². The average molecular weight is 386 g/mol. The van der Waals surface area contributed by atoms with E-state index in [4.69, 9.17) is 21.1 Å². The molecule has 0 saturated heterocycles. The molecule has 2 aromatic rings. The third kappa shape index (κ3) is 4.40. The van der Waals surface area contributed by atoms with Gasteiger partial charge in [-0.25, -0.2) is 0 Å². The first-order valence-corrected chi connectivity index (χ1v) is 8.26. The van der Waals surface area contributed by atoms with Crippen molar-refractivity contribution in [2.24, 2.45) is 0 Å². The van der Waals surface area contributed by atoms with Crippen LogP contribution in [0, 0.1) is 0 Å². The number of ether oxygens (including phenoxy) is 2. The van der Waals surface area contributed by atoms with Gasteiger partial charge >= 0.3 is 6.18 Å². The Kier molecular flexibility index (Phi) is 5.27. The quantitative estimate of drug-likeness (QED) is 0.812. The molecule has 0 fully saturated rings. The molecule has 2 aromatic carbocycles. The first-order chi connectivity index (χ1) is 12.3. The number of rotatable bonds is 4. The van der Waals surface area contributed by atoms with E-state index in [-0.39, 0.29) is 23.2 Å². The van der Waals surface area contributed by atoms with Gasteiger partial charge in [0.25, 0.3) is 0 Å². The monoisotopic (exact) mass is 385 g/mol. The van der Waals surface area contributed by atoms with Crippen LogP contribution in [0.1, 0.15) is 18.4 Å². The molecule has 0 aliphatic carbocycles. The van der Waals surface area contributed by atoms with Gasteiger partial charge in [-0.2, -0.15) is 13.2 Å².